The van der Waals surface area contributed by atoms with E-state index in [0.29, 0.717) is 16.9 Å². The summed E-state index contributed by atoms with van der Waals surface area (Å²) in [5.41, 5.74) is 1.12. The van der Waals surface area contributed by atoms with Crippen LogP contribution in [0, 0.1) is 5.92 Å². The van der Waals surface area contributed by atoms with Gasteiger partial charge >= 0.3 is 0 Å². The minimum Gasteiger partial charge on any atom is -0.302 e. The molecular formula is C10H13ClN2OS. The highest BCUT2D eigenvalue weighted by Gasteiger charge is 2.26. The van der Waals surface area contributed by atoms with Crippen molar-refractivity contribution in [2.75, 3.05) is 11.2 Å². The van der Waals surface area contributed by atoms with Gasteiger partial charge < -0.3 is 5.32 Å². The molecule has 1 fully saturated rings. The lowest BCUT2D eigenvalue weighted by atomic mass is 10.2. The predicted molar refractivity (Wildman–Crippen MR) is 62.6 cm³/mol. The monoisotopic (exact) mass is 244 g/mol. The van der Waals surface area contributed by atoms with E-state index in [2.05, 4.69) is 10.3 Å². The van der Waals surface area contributed by atoms with Gasteiger partial charge in [0.25, 0.3) is 0 Å². The molecule has 1 unspecified atom stereocenters. The van der Waals surface area contributed by atoms with Gasteiger partial charge in [0.2, 0.25) is 5.91 Å². The number of hydrogen-bond acceptors (Lipinski definition) is 3. The summed E-state index contributed by atoms with van der Waals surface area (Å²) in [6.07, 6.45) is 2.46. The number of amides is 1. The summed E-state index contributed by atoms with van der Waals surface area (Å²) >= 11 is 7.09. The SMILES string of the molecule is CC(CCl)C(=O)Nc1nc(C2CC2)cs1. The number of carbonyl (C=O) groups excluding carboxylic acids is 1. The Balaban J connectivity index is 1.95. The third-order valence-corrected chi connectivity index (χ3v) is 3.67. The van der Waals surface area contributed by atoms with Crippen LogP contribution in [0.25, 0.3) is 0 Å². The molecule has 1 amide bonds. The average Bonchev–Trinajstić information content (AvgIpc) is 2.99. The van der Waals surface area contributed by atoms with Crippen LogP contribution in [0.2, 0.25) is 0 Å². The Bertz CT molecular complexity index is 362. The number of nitrogens with one attached hydrogen (secondary N) is 1. The Hall–Kier alpha value is -0.610. The Morgan fingerprint density at radius 3 is 3.13 bits per heavy atom. The highest BCUT2D eigenvalue weighted by molar-refractivity contribution is 7.13. The standard InChI is InChI=1S/C10H13ClN2OS/c1-6(4-11)9(14)13-10-12-8(5-15-10)7-2-3-7/h5-7H,2-4H2,1H3,(H,12,13,14). The van der Waals surface area contributed by atoms with Crippen LogP contribution in [0.15, 0.2) is 5.38 Å². The van der Waals surface area contributed by atoms with Crippen molar-refractivity contribution >= 4 is 34.0 Å². The number of carbonyl (C=O) groups is 1. The van der Waals surface area contributed by atoms with Crippen LogP contribution in [-0.2, 0) is 4.79 Å². The van der Waals surface area contributed by atoms with E-state index in [1.165, 1.54) is 24.2 Å². The highest BCUT2D eigenvalue weighted by Crippen LogP contribution is 2.40. The molecule has 1 saturated carbocycles. The number of rotatable bonds is 4. The van der Waals surface area contributed by atoms with Crippen molar-refractivity contribution in [2.24, 2.45) is 5.92 Å². The van der Waals surface area contributed by atoms with Crippen molar-refractivity contribution < 1.29 is 4.79 Å². The van der Waals surface area contributed by atoms with Gasteiger partial charge in [-0.2, -0.15) is 0 Å². The summed E-state index contributed by atoms with van der Waals surface area (Å²) in [6.45, 7) is 1.80. The van der Waals surface area contributed by atoms with Crippen LogP contribution in [-0.4, -0.2) is 16.8 Å². The van der Waals surface area contributed by atoms with E-state index in [1.54, 1.807) is 6.92 Å². The number of anilines is 1. The fourth-order valence-electron chi connectivity index (χ4n) is 1.21. The fraction of sp³-hybridized carbons (Fsp3) is 0.600. The molecule has 1 atom stereocenters. The lowest BCUT2D eigenvalue weighted by Gasteiger charge is -2.05. The number of aromatic nitrogens is 1. The maximum Gasteiger partial charge on any atom is 0.230 e. The molecule has 0 saturated heterocycles. The highest BCUT2D eigenvalue weighted by atomic mass is 35.5. The zero-order chi connectivity index (χ0) is 10.8. The molecule has 1 aliphatic carbocycles. The van der Waals surface area contributed by atoms with Gasteiger partial charge in [-0.15, -0.1) is 22.9 Å². The molecule has 3 nitrogen and oxygen atoms in total. The van der Waals surface area contributed by atoms with E-state index in [-0.39, 0.29) is 11.8 Å². The summed E-state index contributed by atoms with van der Waals surface area (Å²) in [5, 5.41) is 5.50. The Morgan fingerprint density at radius 1 is 1.80 bits per heavy atom. The molecule has 1 aromatic rings. The molecule has 0 aliphatic heterocycles. The second-order valence-electron chi connectivity index (χ2n) is 3.90. The summed E-state index contributed by atoms with van der Waals surface area (Å²) in [6, 6.07) is 0. The van der Waals surface area contributed by atoms with Gasteiger partial charge in [0, 0.05) is 23.1 Å². The van der Waals surface area contributed by atoms with Crippen molar-refractivity contribution in [3.8, 4) is 0 Å². The van der Waals surface area contributed by atoms with Gasteiger partial charge in [0.15, 0.2) is 5.13 Å². The first-order valence-corrected chi connectivity index (χ1v) is 6.44. The average molecular weight is 245 g/mol. The molecule has 0 spiro atoms. The minimum absolute atomic E-state index is 0.0540. The Labute approximate surface area is 97.9 Å². The first-order chi connectivity index (χ1) is 7.20. The Morgan fingerprint density at radius 2 is 2.53 bits per heavy atom. The van der Waals surface area contributed by atoms with Gasteiger partial charge in [-0.25, -0.2) is 4.98 Å². The van der Waals surface area contributed by atoms with Gasteiger partial charge in [-0.1, -0.05) is 6.92 Å². The fourth-order valence-corrected chi connectivity index (χ4v) is 2.14. The number of hydrogen-bond donors (Lipinski definition) is 1. The number of thiazole rings is 1. The molecule has 82 valence electrons. The smallest absolute Gasteiger partial charge is 0.230 e. The Kier molecular flexibility index (Phi) is 3.26. The zero-order valence-electron chi connectivity index (χ0n) is 8.50. The molecule has 0 radical (unpaired) electrons. The van der Waals surface area contributed by atoms with E-state index in [4.69, 9.17) is 11.6 Å². The summed E-state index contributed by atoms with van der Waals surface area (Å²) in [7, 11) is 0. The summed E-state index contributed by atoms with van der Waals surface area (Å²) in [5.74, 6) is 0.756. The third kappa shape index (κ3) is 2.69. The molecule has 2 rings (SSSR count). The van der Waals surface area contributed by atoms with Gasteiger partial charge in [-0.3, -0.25) is 4.79 Å². The van der Waals surface area contributed by atoms with Crippen LogP contribution in [0.1, 0.15) is 31.4 Å². The number of halogens is 1. The van der Waals surface area contributed by atoms with E-state index in [0.717, 1.165) is 5.69 Å². The summed E-state index contributed by atoms with van der Waals surface area (Å²) < 4.78 is 0. The molecule has 0 bridgehead atoms. The maximum absolute atomic E-state index is 11.5. The van der Waals surface area contributed by atoms with Crippen LogP contribution >= 0.6 is 22.9 Å². The first kappa shape index (κ1) is 10.9. The van der Waals surface area contributed by atoms with E-state index < -0.39 is 0 Å². The molecule has 1 aromatic heterocycles. The predicted octanol–water partition coefficient (Wildman–Crippen LogP) is 2.83. The lowest BCUT2D eigenvalue weighted by Crippen LogP contribution is -2.21. The third-order valence-electron chi connectivity index (χ3n) is 2.43. The topological polar surface area (TPSA) is 42.0 Å². The van der Waals surface area contributed by atoms with Crippen molar-refractivity contribution in [1.29, 1.82) is 0 Å². The van der Waals surface area contributed by atoms with Crippen molar-refractivity contribution in [2.45, 2.75) is 25.7 Å². The maximum atomic E-state index is 11.5. The van der Waals surface area contributed by atoms with Crippen LogP contribution in [0.4, 0.5) is 5.13 Å². The lowest BCUT2D eigenvalue weighted by molar-refractivity contribution is -0.118. The van der Waals surface area contributed by atoms with E-state index in [1.807, 2.05) is 5.38 Å². The number of nitrogens with zero attached hydrogens (tertiary/aromatic N) is 1. The molecule has 1 heterocycles. The molecule has 5 heteroatoms. The van der Waals surface area contributed by atoms with Crippen LogP contribution in [0.3, 0.4) is 0 Å². The second kappa shape index (κ2) is 4.49. The van der Waals surface area contributed by atoms with Gasteiger partial charge in [-0.05, 0) is 12.8 Å². The molecule has 0 aromatic carbocycles. The quantitative estimate of drug-likeness (QED) is 0.828. The van der Waals surface area contributed by atoms with Crippen molar-refractivity contribution in [3.63, 3.8) is 0 Å². The first-order valence-electron chi connectivity index (χ1n) is 5.03. The largest absolute Gasteiger partial charge is 0.302 e. The van der Waals surface area contributed by atoms with Crippen LogP contribution < -0.4 is 5.32 Å². The molecule has 1 N–H and O–H groups in total. The van der Waals surface area contributed by atoms with Gasteiger partial charge in [0.1, 0.15) is 0 Å². The molecule has 1 aliphatic rings. The molecular weight excluding hydrogens is 232 g/mol. The van der Waals surface area contributed by atoms with Crippen molar-refractivity contribution in [3.05, 3.63) is 11.1 Å². The number of alkyl halides is 1. The second-order valence-corrected chi connectivity index (χ2v) is 5.06. The summed E-state index contributed by atoms with van der Waals surface area (Å²) in [4.78, 5) is 15.9. The van der Waals surface area contributed by atoms with Crippen molar-refractivity contribution in [1.82, 2.24) is 4.98 Å². The van der Waals surface area contributed by atoms with Crippen LogP contribution in [0.5, 0.6) is 0 Å². The minimum atomic E-state index is -0.167. The van der Waals surface area contributed by atoms with E-state index >= 15 is 0 Å². The van der Waals surface area contributed by atoms with Gasteiger partial charge in [0.05, 0.1) is 5.69 Å². The normalized spacial score (nSPS) is 17.5. The molecule has 15 heavy (non-hydrogen) atoms. The zero-order valence-corrected chi connectivity index (χ0v) is 10.1. The van der Waals surface area contributed by atoms with E-state index in [9.17, 15) is 4.79 Å².